The maximum Gasteiger partial charge on any atom is 0.401 e. The van der Waals surface area contributed by atoms with E-state index >= 15 is 0 Å². The van der Waals surface area contributed by atoms with Crippen molar-refractivity contribution in [2.75, 3.05) is 12.3 Å². The van der Waals surface area contributed by atoms with Crippen LogP contribution in [0.3, 0.4) is 0 Å². The molecule has 0 saturated carbocycles. The van der Waals surface area contributed by atoms with E-state index in [2.05, 4.69) is 0 Å². The molecule has 0 spiro atoms. The molecule has 1 aromatic carbocycles. The van der Waals surface area contributed by atoms with Gasteiger partial charge in [0.25, 0.3) is 0 Å². The lowest BCUT2D eigenvalue weighted by Gasteiger charge is -2.36. The number of nitrogens with two attached hydrogens (primary N) is 1. The second-order valence-electron chi connectivity index (χ2n) is 4.99. The smallest absolute Gasteiger partial charge is 0.399 e. The quantitative estimate of drug-likeness (QED) is 0.785. The van der Waals surface area contributed by atoms with Gasteiger partial charge >= 0.3 is 6.18 Å². The molecule has 2 rings (SSSR count). The van der Waals surface area contributed by atoms with E-state index < -0.39 is 12.7 Å². The molecule has 0 aromatic heterocycles. The number of nitrogens with zero attached hydrogens (tertiary/aromatic N) is 1. The summed E-state index contributed by atoms with van der Waals surface area (Å²) >= 11 is 0. The minimum Gasteiger partial charge on any atom is -0.399 e. The van der Waals surface area contributed by atoms with Crippen LogP contribution < -0.4 is 5.73 Å². The van der Waals surface area contributed by atoms with Gasteiger partial charge in [0.1, 0.15) is 0 Å². The minimum atomic E-state index is -4.14. The second kappa shape index (κ2) is 4.46. The number of hydrogen-bond donors (Lipinski definition) is 1. The number of benzene rings is 1. The molecule has 1 atom stereocenters. The van der Waals surface area contributed by atoms with Crippen LogP contribution in [0.4, 0.5) is 18.9 Å². The van der Waals surface area contributed by atoms with Crippen LogP contribution in [0.25, 0.3) is 0 Å². The third-order valence-corrected chi connectivity index (χ3v) is 3.62. The monoisotopic (exact) mass is 258 g/mol. The molecule has 18 heavy (non-hydrogen) atoms. The molecule has 0 saturated heterocycles. The highest BCUT2D eigenvalue weighted by Gasteiger charge is 2.35. The van der Waals surface area contributed by atoms with Crippen LogP contribution in [0.2, 0.25) is 0 Å². The zero-order valence-electron chi connectivity index (χ0n) is 10.5. The van der Waals surface area contributed by atoms with Crippen LogP contribution in [-0.2, 0) is 13.0 Å². The molecular formula is C13H17F3N2. The van der Waals surface area contributed by atoms with Crippen LogP contribution in [0.5, 0.6) is 0 Å². The minimum absolute atomic E-state index is 0.111. The maximum absolute atomic E-state index is 12.5. The lowest BCUT2D eigenvalue weighted by atomic mass is 9.90. The average molecular weight is 258 g/mol. The predicted octanol–water partition coefficient (Wildman–Crippen LogP) is 2.89. The third-order valence-electron chi connectivity index (χ3n) is 3.62. The number of nitrogen functional groups attached to an aromatic ring is 1. The van der Waals surface area contributed by atoms with E-state index in [1.165, 1.54) is 4.90 Å². The lowest BCUT2D eigenvalue weighted by molar-refractivity contribution is -0.152. The predicted molar refractivity (Wildman–Crippen MR) is 65.2 cm³/mol. The van der Waals surface area contributed by atoms with E-state index in [1.54, 1.807) is 6.07 Å². The first kappa shape index (κ1) is 13.2. The van der Waals surface area contributed by atoms with Crippen molar-refractivity contribution in [2.24, 2.45) is 0 Å². The molecule has 1 heterocycles. The van der Waals surface area contributed by atoms with Crippen molar-refractivity contribution in [2.45, 2.75) is 39.0 Å². The number of anilines is 1. The first-order valence-corrected chi connectivity index (χ1v) is 5.95. The Bertz CT molecular complexity index is 454. The van der Waals surface area contributed by atoms with E-state index in [9.17, 15) is 13.2 Å². The van der Waals surface area contributed by atoms with Gasteiger partial charge in [-0.05, 0) is 43.0 Å². The second-order valence-corrected chi connectivity index (χ2v) is 4.99. The van der Waals surface area contributed by atoms with E-state index in [0.717, 1.165) is 16.7 Å². The van der Waals surface area contributed by atoms with E-state index in [-0.39, 0.29) is 6.04 Å². The number of rotatable bonds is 1. The van der Waals surface area contributed by atoms with E-state index in [1.807, 2.05) is 19.9 Å². The van der Waals surface area contributed by atoms with Gasteiger partial charge in [-0.15, -0.1) is 0 Å². The molecule has 0 amide bonds. The fourth-order valence-corrected chi connectivity index (χ4v) is 2.50. The largest absolute Gasteiger partial charge is 0.401 e. The molecule has 0 fully saturated rings. The van der Waals surface area contributed by atoms with Crippen molar-refractivity contribution in [1.29, 1.82) is 0 Å². The molecule has 0 bridgehead atoms. The van der Waals surface area contributed by atoms with Gasteiger partial charge in [0.15, 0.2) is 0 Å². The van der Waals surface area contributed by atoms with Gasteiger partial charge < -0.3 is 5.73 Å². The highest BCUT2D eigenvalue weighted by Crippen LogP contribution is 2.30. The lowest BCUT2D eigenvalue weighted by Crippen LogP contribution is -2.43. The van der Waals surface area contributed by atoms with Crippen LogP contribution in [0.1, 0.15) is 23.6 Å². The van der Waals surface area contributed by atoms with Crippen molar-refractivity contribution >= 4 is 5.69 Å². The number of alkyl halides is 3. The van der Waals surface area contributed by atoms with Crippen molar-refractivity contribution in [1.82, 2.24) is 4.90 Å². The Morgan fingerprint density at radius 2 is 2.06 bits per heavy atom. The Morgan fingerprint density at radius 1 is 1.39 bits per heavy atom. The van der Waals surface area contributed by atoms with Crippen molar-refractivity contribution < 1.29 is 13.2 Å². The summed E-state index contributed by atoms with van der Waals surface area (Å²) in [6, 6.07) is 3.50. The highest BCUT2D eigenvalue weighted by molar-refractivity contribution is 5.54. The molecule has 0 radical (unpaired) electrons. The fourth-order valence-electron chi connectivity index (χ4n) is 2.50. The standard InChI is InChI=1S/C13H17F3N2/c1-8-5-11-9(2)12(17)4-3-10(11)6-18(8)7-13(14,15)16/h3-4,8H,5-7,17H2,1-2H3. The fraction of sp³-hybridized carbons (Fsp3) is 0.538. The van der Waals surface area contributed by atoms with Crippen molar-refractivity contribution in [3.8, 4) is 0 Å². The number of hydrogen-bond acceptors (Lipinski definition) is 2. The SMILES string of the molecule is Cc1c(N)ccc2c1CC(C)N(CC(F)(F)F)C2. The Kier molecular flexibility index (Phi) is 3.27. The Morgan fingerprint density at radius 3 is 2.67 bits per heavy atom. The van der Waals surface area contributed by atoms with E-state index in [0.29, 0.717) is 18.7 Å². The summed E-state index contributed by atoms with van der Waals surface area (Å²) in [6.45, 7) is 3.26. The average Bonchev–Trinajstić information content (AvgIpc) is 2.24. The molecule has 5 heteroatoms. The van der Waals surface area contributed by atoms with Crippen molar-refractivity contribution in [3.05, 3.63) is 28.8 Å². The van der Waals surface area contributed by atoms with Gasteiger partial charge in [-0.3, -0.25) is 4.90 Å². The van der Waals surface area contributed by atoms with Gasteiger partial charge in [-0.2, -0.15) is 13.2 Å². The van der Waals surface area contributed by atoms with Crippen LogP contribution in [0, 0.1) is 6.92 Å². The summed E-state index contributed by atoms with van der Waals surface area (Å²) in [7, 11) is 0. The van der Waals surface area contributed by atoms with Gasteiger partial charge in [0, 0.05) is 18.3 Å². The van der Waals surface area contributed by atoms with Gasteiger partial charge in [0.05, 0.1) is 6.54 Å². The van der Waals surface area contributed by atoms with Gasteiger partial charge in [-0.1, -0.05) is 6.07 Å². The van der Waals surface area contributed by atoms with E-state index in [4.69, 9.17) is 5.73 Å². The molecule has 1 aliphatic heterocycles. The van der Waals surface area contributed by atoms with Crippen molar-refractivity contribution in [3.63, 3.8) is 0 Å². The summed E-state index contributed by atoms with van der Waals surface area (Å²) < 4.78 is 37.4. The summed E-state index contributed by atoms with van der Waals surface area (Å²) in [5.74, 6) is 0. The first-order valence-electron chi connectivity index (χ1n) is 5.95. The molecule has 1 aromatic rings. The molecule has 2 nitrogen and oxygen atoms in total. The normalized spacial score (nSPS) is 20.8. The molecule has 1 unspecified atom stereocenters. The highest BCUT2D eigenvalue weighted by atomic mass is 19.4. The maximum atomic E-state index is 12.5. The first-order chi connectivity index (χ1) is 8.28. The van der Waals surface area contributed by atoms with Gasteiger partial charge in [-0.25, -0.2) is 0 Å². The summed E-state index contributed by atoms with van der Waals surface area (Å²) in [5, 5.41) is 0. The molecular weight excluding hydrogens is 241 g/mol. The topological polar surface area (TPSA) is 29.3 Å². The summed E-state index contributed by atoms with van der Waals surface area (Å²) in [4.78, 5) is 1.47. The van der Waals surface area contributed by atoms with Crippen LogP contribution >= 0.6 is 0 Å². The summed E-state index contributed by atoms with van der Waals surface area (Å²) in [5.41, 5.74) is 9.62. The third kappa shape index (κ3) is 2.61. The molecule has 0 aliphatic carbocycles. The van der Waals surface area contributed by atoms with Crippen LogP contribution in [0.15, 0.2) is 12.1 Å². The number of fused-ring (bicyclic) bond motifs is 1. The zero-order chi connectivity index (χ0) is 13.5. The molecule has 1 aliphatic rings. The molecule has 100 valence electrons. The Hall–Kier alpha value is -1.23. The number of halogens is 3. The van der Waals surface area contributed by atoms with Gasteiger partial charge in [0.2, 0.25) is 0 Å². The van der Waals surface area contributed by atoms with Crippen LogP contribution in [-0.4, -0.2) is 23.7 Å². The molecule has 2 N–H and O–H groups in total. The zero-order valence-corrected chi connectivity index (χ0v) is 10.5. The Balaban J connectivity index is 2.26. The summed E-state index contributed by atoms with van der Waals surface area (Å²) in [6.07, 6.45) is -3.52. The Labute approximate surface area is 105 Å².